The Balaban J connectivity index is 3.19. The third-order valence-corrected chi connectivity index (χ3v) is 4.09. The van der Waals surface area contributed by atoms with Crippen LogP contribution in [0.4, 0.5) is 0 Å². The first-order valence-electron chi connectivity index (χ1n) is 4.67. The third-order valence-electron chi connectivity index (χ3n) is 2.79. The topological polar surface area (TPSA) is 16.1 Å². The van der Waals surface area contributed by atoms with E-state index in [0.29, 0.717) is 0 Å². The van der Waals surface area contributed by atoms with Gasteiger partial charge in [-0.3, -0.25) is 4.90 Å². The Morgan fingerprint density at radius 3 is 2.29 bits per heavy atom. The standard InChI is InChI=1S/C11H18N2S/c1-7-11(4,13(5)6)10-12-8(2)9(3)14-10/h7H,1H2,2-6H3. The van der Waals surface area contributed by atoms with Crippen molar-refractivity contribution in [2.75, 3.05) is 14.1 Å². The number of aromatic nitrogens is 1. The highest BCUT2D eigenvalue weighted by Crippen LogP contribution is 2.31. The van der Waals surface area contributed by atoms with Crippen LogP contribution < -0.4 is 0 Å². The molecule has 78 valence electrons. The zero-order valence-corrected chi connectivity index (χ0v) is 10.4. The van der Waals surface area contributed by atoms with E-state index in [9.17, 15) is 0 Å². The summed E-state index contributed by atoms with van der Waals surface area (Å²) in [7, 11) is 4.10. The lowest BCUT2D eigenvalue weighted by Crippen LogP contribution is -2.36. The maximum absolute atomic E-state index is 4.58. The van der Waals surface area contributed by atoms with Crippen LogP contribution in [0.1, 0.15) is 22.5 Å². The Labute approximate surface area is 90.3 Å². The van der Waals surface area contributed by atoms with Gasteiger partial charge in [0.05, 0.1) is 11.2 Å². The van der Waals surface area contributed by atoms with Crippen LogP contribution in [0.25, 0.3) is 0 Å². The maximum Gasteiger partial charge on any atom is 0.117 e. The molecule has 1 aromatic rings. The van der Waals surface area contributed by atoms with Crippen molar-refractivity contribution in [1.29, 1.82) is 0 Å². The summed E-state index contributed by atoms with van der Waals surface area (Å²) in [6.45, 7) is 10.2. The van der Waals surface area contributed by atoms with Crippen LogP contribution in [0.2, 0.25) is 0 Å². The SMILES string of the molecule is C=CC(C)(c1nc(C)c(C)s1)N(C)C. The smallest absolute Gasteiger partial charge is 0.117 e. The van der Waals surface area contributed by atoms with Crippen LogP contribution in [0.3, 0.4) is 0 Å². The molecule has 1 aromatic heterocycles. The van der Waals surface area contributed by atoms with Crippen molar-refractivity contribution in [1.82, 2.24) is 9.88 Å². The van der Waals surface area contributed by atoms with Crippen LogP contribution >= 0.6 is 11.3 Å². The summed E-state index contributed by atoms with van der Waals surface area (Å²) in [6.07, 6.45) is 1.95. The van der Waals surface area contributed by atoms with E-state index in [-0.39, 0.29) is 5.54 Å². The highest BCUT2D eigenvalue weighted by molar-refractivity contribution is 7.11. The van der Waals surface area contributed by atoms with E-state index in [2.05, 4.69) is 37.2 Å². The summed E-state index contributed by atoms with van der Waals surface area (Å²) in [5.74, 6) is 0. The molecule has 0 spiro atoms. The monoisotopic (exact) mass is 210 g/mol. The van der Waals surface area contributed by atoms with Crippen molar-refractivity contribution in [2.24, 2.45) is 0 Å². The van der Waals surface area contributed by atoms with E-state index in [4.69, 9.17) is 0 Å². The molecule has 3 heteroatoms. The Hall–Kier alpha value is -0.670. The first-order chi connectivity index (χ1) is 6.41. The molecule has 1 rings (SSSR count). The van der Waals surface area contributed by atoms with Gasteiger partial charge in [-0.05, 0) is 34.9 Å². The van der Waals surface area contributed by atoms with Gasteiger partial charge in [-0.25, -0.2) is 4.98 Å². The summed E-state index contributed by atoms with van der Waals surface area (Å²) in [5, 5.41) is 1.12. The zero-order valence-electron chi connectivity index (χ0n) is 9.59. The van der Waals surface area contributed by atoms with Crippen LogP contribution in [-0.4, -0.2) is 24.0 Å². The summed E-state index contributed by atoms with van der Waals surface area (Å²) >= 11 is 1.75. The highest BCUT2D eigenvalue weighted by Gasteiger charge is 2.29. The average Bonchev–Trinajstić information content (AvgIpc) is 2.45. The number of likely N-dealkylation sites (N-methyl/N-ethyl adjacent to an activating group) is 1. The van der Waals surface area contributed by atoms with Gasteiger partial charge >= 0.3 is 0 Å². The molecule has 2 nitrogen and oxygen atoms in total. The number of rotatable bonds is 3. The molecule has 0 amide bonds. The minimum Gasteiger partial charge on any atom is -0.295 e. The Kier molecular flexibility index (Phi) is 3.12. The summed E-state index contributed by atoms with van der Waals surface area (Å²) in [4.78, 5) is 8.00. The quantitative estimate of drug-likeness (QED) is 0.713. The second-order valence-corrected chi connectivity index (χ2v) is 5.11. The first-order valence-corrected chi connectivity index (χ1v) is 5.49. The Bertz CT molecular complexity index is 322. The van der Waals surface area contributed by atoms with Crippen molar-refractivity contribution >= 4 is 11.3 Å². The predicted molar refractivity (Wildman–Crippen MR) is 62.8 cm³/mol. The van der Waals surface area contributed by atoms with Gasteiger partial charge in [0.15, 0.2) is 0 Å². The lowest BCUT2D eigenvalue weighted by atomic mass is 10.0. The third kappa shape index (κ3) is 1.74. The van der Waals surface area contributed by atoms with E-state index < -0.39 is 0 Å². The fourth-order valence-electron chi connectivity index (χ4n) is 1.15. The molecule has 0 radical (unpaired) electrons. The molecule has 0 aliphatic carbocycles. The average molecular weight is 210 g/mol. The van der Waals surface area contributed by atoms with Crippen molar-refractivity contribution < 1.29 is 0 Å². The molecule has 1 unspecified atom stereocenters. The van der Waals surface area contributed by atoms with Gasteiger partial charge in [-0.2, -0.15) is 0 Å². The molecular formula is C11H18N2S. The largest absolute Gasteiger partial charge is 0.295 e. The van der Waals surface area contributed by atoms with Gasteiger partial charge in [0.1, 0.15) is 5.01 Å². The van der Waals surface area contributed by atoms with E-state index in [1.54, 1.807) is 11.3 Å². The minimum absolute atomic E-state index is 0.149. The molecule has 1 atom stereocenters. The van der Waals surface area contributed by atoms with Crippen LogP contribution in [0, 0.1) is 13.8 Å². The summed E-state index contributed by atoms with van der Waals surface area (Å²) < 4.78 is 0. The van der Waals surface area contributed by atoms with E-state index in [1.807, 2.05) is 20.2 Å². The predicted octanol–water partition coefficient (Wildman–Crippen LogP) is 2.72. The van der Waals surface area contributed by atoms with E-state index in [1.165, 1.54) is 4.88 Å². The molecule has 0 fully saturated rings. The normalized spacial score (nSPS) is 15.6. The van der Waals surface area contributed by atoms with Gasteiger partial charge in [-0.15, -0.1) is 17.9 Å². The number of aryl methyl sites for hydroxylation is 2. The zero-order chi connectivity index (χ0) is 10.9. The fraction of sp³-hybridized carbons (Fsp3) is 0.545. The molecule has 14 heavy (non-hydrogen) atoms. The van der Waals surface area contributed by atoms with Gasteiger partial charge in [0, 0.05) is 4.88 Å². The molecule has 0 saturated carbocycles. The highest BCUT2D eigenvalue weighted by atomic mass is 32.1. The second-order valence-electron chi connectivity index (χ2n) is 3.91. The van der Waals surface area contributed by atoms with Gasteiger partial charge < -0.3 is 0 Å². The van der Waals surface area contributed by atoms with E-state index in [0.717, 1.165) is 10.7 Å². The Morgan fingerprint density at radius 1 is 1.43 bits per heavy atom. The van der Waals surface area contributed by atoms with Gasteiger partial charge in [0.2, 0.25) is 0 Å². The summed E-state index contributed by atoms with van der Waals surface area (Å²) in [6, 6.07) is 0. The molecule has 0 aliphatic rings. The van der Waals surface area contributed by atoms with Crippen LogP contribution in [0.5, 0.6) is 0 Å². The summed E-state index contributed by atoms with van der Waals surface area (Å²) in [5.41, 5.74) is 0.976. The second kappa shape index (κ2) is 3.83. The van der Waals surface area contributed by atoms with Gasteiger partial charge in [0.25, 0.3) is 0 Å². The van der Waals surface area contributed by atoms with Crippen molar-refractivity contribution in [3.05, 3.63) is 28.2 Å². The molecular weight excluding hydrogens is 192 g/mol. The van der Waals surface area contributed by atoms with Crippen molar-refractivity contribution in [3.8, 4) is 0 Å². The minimum atomic E-state index is -0.149. The van der Waals surface area contributed by atoms with Crippen molar-refractivity contribution in [2.45, 2.75) is 26.3 Å². The molecule has 0 N–H and O–H groups in total. The number of hydrogen-bond donors (Lipinski definition) is 0. The Morgan fingerprint density at radius 2 is 2.00 bits per heavy atom. The molecule has 1 heterocycles. The molecule has 0 bridgehead atoms. The number of nitrogens with zero attached hydrogens (tertiary/aromatic N) is 2. The fourth-order valence-corrected chi connectivity index (χ4v) is 2.29. The van der Waals surface area contributed by atoms with Gasteiger partial charge in [-0.1, -0.05) is 6.08 Å². The molecule has 0 aliphatic heterocycles. The first kappa shape index (κ1) is 11.4. The lowest BCUT2D eigenvalue weighted by Gasteiger charge is -2.31. The molecule has 0 saturated heterocycles. The molecule has 0 aromatic carbocycles. The maximum atomic E-state index is 4.58. The lowest BCUT2D eigenvalue weighted by molar-refractivity contribution is 0.232. The van der Waals surface area contributed by atoms with Crippen molar-refractivity contribution in [3.63, 3.8) is 0 Å². The number of thiazole rings is 1. The van der Waals surface area contributed by atoms with Crippen LogP contribution in [0.15, 0.2) is 12.7 Å². The number of hydrogen-bond acceptors (Lipinski definition) is 3. The van der Waals surface area contributed by atoms with Crippen LogP contribution in [-0.2, 0) is 5.54 Å². The van der Waals surface area contributed by atoms with E-state index >= 15 is 0 Å².